The Morgan fingerprint density at radius 1 is 0.784 bits per heavy atom. The molecule has 0 aliphatic heterocycles. The number of fused-ring (bicyclic) bond motifs is 6. The number of para-hydroxylation sites is 2. The summed E-state index contributed by atoms with van der Waals surface area (Å²) in [5.41, 5.74) is 26.1. The molecule has 10 nitrogen and oxygen atoms in total. The Morgan fingerprint density at radius 2 is 1.35 bits per heavy atom. The van der Waals surface area contributed by atoms with Crippen LogP contribution >= 0.6 is 0 Å². The van der Waals surface area contributed by atoms with Crippen molar-refractivity contribution in [2.24, 2.45) is 11.5 Å². The second-order valence-electron chi connectivity index (χ2n) is 8.99. The van der Waals surface area contributed by atoms with Crippen molar-refractivity contribution in [2.75, 3.05) is 11.5 Å². The summed E-state index contributed by atoms with van der Waals surface area (Å²) in [6, 6.07) is 19.4. The fraction of sp³-hybridized carbons (Fsp3) is 0.111. The van der Waals surface area contributed by atoms with Crippen molar-refractivity contribution in [1.29, 1.82) is 0 Å². The van der Waals surface area contributed by atoms with E-state index in [4.69, 9.17) is 22.9 Å². The number of aromatic amines is 1. The van der Waals surface area contributed by atoms with E-state index in [1.165, 1.54) is 0 Å². The Balaban J connectivity index is 0.000000153. The number of anilines is 2. The lowest BCUT2D eigenvalue weighted by atomic mass is 10.1. The van der Waals surface area contributed by atoms with Crippen LogP contribution in [0.2, 0.25) is 0 Å². The SMILES string of the molecule is CC(C)n1c2ccccc2c2cc(C(N)=O)c(N)nc21.NC(=O)c1cc2c(nc1N)[nH]c1ccccc12. The van der Waals surface area contributed by atoms with Gasteiger partial charge in [0.05, 0.1) is 16.6 Å². The second-order valence-corrected chi connectivity index (χ2v) is 8.99. The Bertz CT molecular complexity index is 1850. The standard InChI is InChI=1S/C15H16N4O.C12H10N4O/c1-8(2)19-12-6-4-3-5-9(12)10-7-11(14(17)20)13(16)18-15(10)19;13-10-8(11(14)17)5-7-6-3-1-2-4-9(6)15-12(7)16-10/h3-8H,1-2H3,(H2,16,18)(H2,17,20);1-5H,(H2,14,17)(H3,13,15,16). The fourth-order valence-corrected chi connectivity index (χ4v) is 4.62. The maximum absolute atomic E-state index is 11.4. The molecule has 0 aliphatic rings. The zero-order valence-electron chi connectivity index (χ0n) is 20.3. The highest BCUT2D eigenvalue weighted by molar-refractivity contribution is 6.11. The third kappa shape index (κ3) is 3.94. The molecule has 0 atom stereocenters. The number of carbonyl (C=O) groups is 2. The molecular weight excluding hydrogens is 468 g/mol. The first-order valence-electron chi connectivity index (χ1n) is 11.6. The molecular formula is C27H26N8O2. The van der Waals surface area contributed by atoms with E-state index in [9.17, 15) is 9.59 Å². The lowest BCUT2D eigenvalue weighted by molar-refractivity contribution is 0.0992. The average molecular weight is 495 g/mol. The van der Waals surface area contributed by atoms with E-state index in [0.717, 1.165) is 38.2 Å². The van der Waals surface area contributed by atoms with Crippen LogP contribution in [0.4, 0.5) is 11.6 Å². The lowest BCUT2D eigenvalue weighted by Gasteiger charge is -2.11. The summed E-state index contributed by atoms with van der Waals surface area (Å²) in [4.78, 5) is 34.3. The number of hydrogen-bond acceptors (Lipinski definition) is 6. The molecule has 10 heteroatoms. The molecule has 9 N–H and O–H groups in total. The van der Waals surface area contributed by atoms with Gasteiger partial charge in [-0.3, -0.25) is 9.59 Å². The van der Waals surface area contributed by atoms with Gasteiger partial charge in [-0.2, -0.15) is 0 Å². The van der Waals surface area contributed by atoms with Crippen molar-refractivity contribution in [3.8, 4) is 0 Å². The Morgan fingerprint density at radius 3 is 2.00 bits per heavy atom. The van der Waals surface area contributed by atoms with E-state index >= 15 is 0 Å². The average Bonchev–Trinajstić information content (AvgIpc) is 3.37. The predicted octanol–water partition coefficient (Wildman–Crippen LogP) is 3.85. The van der Waals surface area contributed by atoms with E-state index in [1.54, 1.807) is 12.1 Å². The first kappa shape index (κ1) is 23.6. The van der Waals surface area contributed by atoms with Gasteiger partial charge in [-0.15, -0.1) is 0 Å². The molecule has 0 radical (unpaired) electrons. The van der Waals surface area contributed by atoms with Crippen LogP contribution in [0, 0.1) is 0 Å². The minimum atomic E-state index is -0.567. The van der Waals surface area contributed by atoms with Crippen LogP contribution in [0.15, 0.2) is 60.7 Å². The van der Waals surface area contributed by atoms with Gasteiger partial charge >= 0.3 is 0 Å². The van der Waals surface area contributed by atoms with Crippen molar-refractivity contribution in [2.45, 2.75) is 19.9 Å². The highest BCUT2D eigenvalue weighted by Crippen LogP contribution is 2.32. The Labute approximate surface area is 211 Å². The second kappa shape index (κ2) is 8.83. The number of nitrogens with zero attached hydrogens (tertiary/aromatic N) is 3. The van der Waals surface area contributed by atoms with Crippen molar-refractivity contribution in [1.82, 2.24) is 19.5 Å². The molecule has 6 rings (SSSR count). The first-order valence-corrected chi connectivity index (χ1v) is 11.6. The van der Waals surface area contributed by atoms with Gasteiger partial charge in [0, 0.05) is 33.1 Å². The van der Waals surface area contributed by atoms with Gasteiger partial charge in [-0.1, -0.05) is 36.4 Å². The Hall–Kier alpha value is -5.12. The summed E-state index contributed by atoms with van der Waals surface area (Å²) >= 11 is 0. The van der Waals surface area contributed by atoms with Gasteiger partial charge in [-0.05, 0) is 38.1 Å². The number of aromatic nitrogens is 4. The van der Waals surface area contributed by atoms with Crippen LogP contribution < -0.4 is 22.9 Å². The summed E-state index contributed by atoms with van der Waals surface area (Å²) in [6.07, 6.45) is 0. The first-order chi connectivity index (χ1) is 17.7. The number of nitrogens with two attached hydrogens (primary N) is 4. The van der Waals surface area contributed by atoms with Gasteiger partial charge in [0.15, 0.2) is 0 Å². The number of benzene rings is 2. The molecule has 0 spiro atoms. The Kier molecular flexibility index (Phi) is 5.63. The van der Waals surface area contributed by atoms with Crippen LogP contribution in [0.1, 0.15) is 40.6 Å². The number of nitrogen functional groups attached to an aromatic ring is 2. The molecule has 186 valence electrons. The van der Waals surface area contributed by atoms with Gasteiger partial charge in [0.25, 0.3) is 11.8 Å². The monoisotopic (exact) mass is 494 g/mol. The normalized spacial score (nSPS) is 11.3. The van der Waals surface area contributed by atoms with Crippen molar-refractivity contribution in [3.63, 3.8) is 0 Å². The summed E-state index contributed by atoms with van der Waals surface area (Å²) in [5, 5.41) is 3.80. The maximum Gasteiger partial charge on any atom is 0.252 e. The minimum absolute atomic E-state index is 0.150. The van der Waals surface area contributed by atoms with Crippen LogP contribution in [-0.2, 0) is 0 Å². The van der Waals surface area contributed by atoms with Gasteiger partial charge in [-0.25, -0.2) is 9.97 Å². The molecule has 4 aromatic heterocycles. The number of nitrogens with one attached hydrogen (secondary N) is 1. The molecule has 0 aliphatic carbocycles. The summed E-state index contributed by atoms with van der Waals surface area (Å²) < 4.78 is 2.12. The summed E-state index contributed by atoms with van der Waals surface area (Å²) in [5.74, 6) is -0.799. The summed E-state index contributed by atoms with van der Waals surface area (Å²) in [7, 11) is 0. The van der Waals surface area contributed by atoms with Crippen LogP contribution in [0.5, 0.6) is 0 Å². The van der Waals surface area contributed by atoms with Gasteiger partial charge < -0.3 is 32.5 Å². The quantitative estimate of drug-likeness (QED) is 0.249. The molecule has 0 bridgehead atoms. The van der Waals surface area contributed by atoms with Crippen molar-refractivity contribution >= 4 is 67.3 Å². The zero-order valence-corrected chi connectivity index (χ0v) is 20.3. The minimum Gasteiger partial charge on any atom is -0.383 e. The maximum atomic E-state index is 11.4. The van der Waals surface area contributed by atoms with Crippen LogP contribution in [-0.4, -0.2) is 31.3 Å². The van der Waals surface area contributed by atoms with Crippen LogP contribution in [0.3, 0.4) is 0 Å². The number of carbonyl (C=O) groups excluding carboxylic acids is 2. The number of H-pyrrole nitrogens is 1. The van der Waals surface area contributed by atoms with E-state index in [2.05, 4.69) is 33.4 Å². The highest BCUT2D eigenvalue weighted by Gasteiger charge is 2.18. The summed E-state index contributed by atoms with van der Waals surface area (Å²) in [6.45, 7) is 4.18. The van der Waals surface area contributed by atoms with Gasteiger partial charge in [0.1, 0.15) is 22.9 Å². The van der Waals surface area contributed by atoms with Crippen molar-refractivity contribution < 1.29 is 9.59 Å². The molecule has 2 aromatic carbocycles. The predicted molar refractivity (Wildman–Crippen MR) is 147 cm³/mol. The van der Waals surface area contributed by atoms with E-state index < -0.39 is 11.8 Å². The number of hydrogen-bond donors (Lipinski definition) is 5. The molecule has 2 amide bonds. The van der Waals surface area contributed by atoms with Crippen LogP contribution in [0.25, 0.3) is 43.9 Å². The lowest BCUT2D eigenvalue weighted by Crippen LogP contribution is -2.14. The van der Waals surface area contributed by atoms with Crippen molar-refractivity contribution in [3.05, 3.63) is 71.8 Å². The van der Waals surface area contributed by atoms with E-state index in [-0.39, 0.29) is 28.8 Å². The van der Waals surface area contributed by atoms with E-state index in [1.807, 2.05) is 48.5 Å². The third-order valence-corrected chi connectivity index (χ3v) is 6.28. The molecule has 37 heavy (non-hydrogen) atoms. The van der Waals surface area contributed by atoms with Gasteiger partial charge in [0.2, 0.25) is 0 Å². The molecule has 0 fully saturated rings. The smallest absolute Gasteiger partial charge is 0.252 e. The van der Waals surface area contributed by atoms with E-state index in [0.29, 0.717) is 5.65 Å². The topological polar surface area (TPSA) is 185 Å². The molecule has 0 unspecified atom stereocenters. The highest BCUT2D eigenvalue weighted by atomic mass is 16.1. The molecule has 6 aromatic rings. The number of pyridine rings is 2. The number of primary amides is 2. The fourth-order valence-electron chi connectivity index (χ4n) is 4.62. The zero-order chi connectivity index (χ0) is 26.4. The third-order valence-electron chi connectivity index (χ3n) is 6.28. The molecule has 0 saturated carbocycles. The molecule has 4 heterocycles. The number of amides is 2. The number of rotatable bonds is 3. The molecule has 0 saturated heterocycles. The largest absolute Gasteiger partial charge is 0.383 e.